The number of hydrogen-bond acceptors (Lipinski definition) is 5. The van der Waals surface area contributed by atoms with E-state index in [-0.39, 0.29) is 23.3 Å². The number of aromatic hydroxyl groups is 2. The number of nitrogens with zero attached hydrogens (tertiary/aromatic N) is 2. The molecule has 0 spiro atoms. The maximum absolute atomic E-state index is 10.9. The number of fused-ring (bicyclic) bond motifs is 1. The molecular weight excluding hydrogens is 430 g/mol. The second-order valence-electron chi connectivity index (χ2n) is 9.16. The normalized spacial score (nSPS) is 15.1. The van der Waals surface area contributed by atoms with Gasteiger partial charge in [-0.1, -0.05) is 13.8 Å². The molecular formula is C26H33N5O3. The molecule has 1 aliphatic heterocycles. The summed E-state index contributed by atoms with van der Waals surface area (Å²) in [5, 5.41) is 25.2. The Bertz CT molecular complexity index is 1180. The number of benzene rings is 2. The smallest absolute Gasteiger partial charge is 0.225 e. The van der Waals surface area contributed by atoms with E-state index >= 15 is 0 Å². The van der Waals surface area contributed by atoms with Crippen LogP contribution in [0.5, 0.6) is 11.5 Å². The van der Waals surface area contributed by atoms with Crippen LogP contribution >= 0.6 is 0 Å². The molecule has 0 radical (unpaired) electrons. The molecule has 8 nitrogen and oxygen atoms in total. The highest BCUT2D eigenvalue weighted by atomic mass is 16.3. The van der Waals surface area contributed by atoms with E-state index in [0.29, 0.717) is 23.2 Å². The molecule has 1 amide bonds. The number of hydrazine groups is 1. The van der Waals surface area contributed by atoms with E-state index in [2.05, 4.69) is 44.1 Å². The lowest BCUT2D eigenvalue weighted by Crippen LogP contribution is -2.37. The lowest BCUT2D eigenvalue weighted by molar-refractivity contribution is -0.110. The van der Waals surface area contributed by atoms with Crippen LogP contribution in [0.3, 0.4) is 0 Å². The van der Waals surface area contributed by atoms with Crippen molar-refractivity contribution in [2.75, 3.05) is 13.1 Å². The number of phenolic OH excluding ortho intramolecular Hbond substituents is 2. The first-order valence-corrected chi connectivity index (χ1v) is 11.9. The number of nitrogens with one attached hydrogen (secondary N) is 3. The zero-order valence-corrected chi connectivity index (χ0v) is 19.7. The first kappa shape index (κ1) is 23.6. The highest BCUT2D eigenvalue weighted by molar-refractivity contribution is 6.03. The van der Waals surface area contributed by atoms with Crippen molar-refractivity contribution in [3.05, 3.63) is 53.7 Å². The summed E-state index contributed by atoms with van der Waals surface area (Å²) in [7, 11) is 0. The third kappa shape index (κ3) is 5.34. The van der Waals surface area contributed by atoms with Crippen LogP contribution in [-0.4, -0.2) is 40.1 Å². The summed E-state index contributed by atoms with van der Waals surface area (Å²) < 4.78 is 2.29. The van der Waals surface area contributed by atoms with E-state index in [9.17, 15) is 15.0 Å². The molecule has 2 aromatic carbocycles. The molecule has 0 unspecified atom stereocenters. The summed E-state index contributed by atoms with van der Waals surface area (Å²) >= 11 is 0. The van der Waals surface area contributed by atoms with Gasteiger partial charge in [0.25, 0.3) is 0 Å². The van der Waals surface area contributed by atoms with Crippen molar-refractivity contribution in [3.63, 3.8) is 0 Å². The van der Waals surface area contributed by atoms with Crippen LogP contribution in [0.1, 0.15) is 50.2 Å². The predicted molar refractivity (Wildman–Crippen MR) is 135 cm³/mol. The molecule has 0 saturated carbocycles. The predicted octanol–water partition coefficient (Wildman–Crippen LogP) is 3.89. The minimum Gasteiger partial charge on any atom is -0.508 e. The van der Waals surface area contributed by atoms with E-state index in [4.69, 9.17) is 0 Å². The fourth-order valence-electron chi connectivity index (χ4n) is 4.57. The van der Waals surface area contributed by atoms with E-state index in [1.54, 1.807) is 6.07 Å². The van der Waals surface area contributed by atoms with Crippen molar-refractivity contribution in [1.82, 2.24) is 20.7 Å². The van der Waals surface area contributed by atoms with Gasteiger partial charge in [-0.15, -0.1) is 0 Å². The fourth-order valence-corrected chi connectivity index (χ4v) is 4.57. The highest BCUT2D eigenvalue weighted by Crippen LogP contribution is 2.33. The second-order valence-corrected chi connectivity index (χ2v) is 9.16. The van der Waals surface area contributed by atoms with Crippen LogP contribution in [0.25, 0.3) is 10.9 Å². The number of amides is 1. The van der Waals surface area contributed by atoms with Crippen LogP contribution in [-0.2, 0) is 11.3 Å². The number of piperidine rings is 1. The number of phenols is 2. The molecule has 2 heterocycles. The Morgan fingerprint density at radius 1 is 1.18 bits per heavy atom. The van der Waals surface area contributed by atoms with Gasteiger partial charge in [-0.05, 0) is 80.1 Å². The summed E-state index contributed by atoms with van der Waals surface area (Å²) in [5.74, 6) is 0.976. The number of hydrogen-bond donors (Lipinski definition) is 5. The Labute approximate surface area is 199 Å². The molecule has 180 valence electrons. The molecule has 0 atom stereocenters. The number of carbonyl (C=O) groups is 1. The second kappa shape index (κ2) is 10.6. The summed E-state index contributed by atoms with van der Waals surface area (Å²) in [6, 6.07) is 11.0. The van der Waals surface area contributed by atoms with Crippen molar-refractivity contribution in [3.8, 4) is 11.5 Å². The van der Waals surface area contributed by atoms with E-state index in [1.807, 2.05) is 26.0 Å². The van der Waals surface area contributed by atoms with Crippen LogP contribution in [0.4, 0.5) is 5.69 Å². The molecule has 8 heteroatoms. The minimum atomic E-state index is -0.133. The summed E-state index contributed by atoms with van der Waals surface area (Å²) in [6.07, 6.45) is 6.28. The molecule has 4 rings (SSSR count). The molecule has 3 aromatic rings. The van der Waals surface area contributed by atoms with Crippen molar-refractivity contribution in [2.45, 2.75) is 45.6 Å². The first-order valence-electron chi connectivity index (χ1n) is 11.9. The van der Waals surface area contributed by atoms with Crippen molar-refractivity contribution in [2.24, 2.45) is 10.9 Å². The lowest BCUT2D eigenvalue weighted by Gasteiger charge is -2.22. The molecule has 5 N–H and O–H groups in total. The average Bonchev–Trinajstić information content (AvgIpc) is 3.23. The molecule has 1 aliphatic rings. The Morgan fingerprint density at radius 2 is 1.97 bits per heavy atom. The van der Waals surface area contributed by atoms with Gasteiger partial charge >= 0.3 is 0 Å². The summed E-state index contributed by atoms with van der Waals surface area (Å²) in [5.41, 5.74) is 8.05. The summed E-state index contributed by atoms with van der Waals surface area (Å²) in [4.78, 5) is 15.6. The van der Waals surface area contributed by atoms with E-state index < -0.39 is 0 Å². The van der Waals surface area contributed by atoms with Gasteiger partial charge in [-0.3, -0.25) is 15.6 Å². The van der Waals surface area contributed by atoms with Gasteiger partial charge in [0.15, 0.2) is 5.84 Å². The van der Waals surface area contributed by atoms with Gasteiger partial charge in [0.05, 0.1) is 11.3 Å². The van der Waals surface area contributed by atoms with Gasteiger partial charge < -0.3 is 20.1 Å². The highest BCUT2D eigenvalue weighted by Gasteiger charge is 2.17. The SMILES string of the molecule is CC(C)c1cc(C(=Nc2ccc3c(ccn3CCC3CCNCC3)c2)NNC=O)c(O)cc1O. The molecule has 34 heavy (non-hydrogen) atoms. The number of aliphatic imine (C=N–C) groups is 1. The maximum Gasteiger partial charge on any atom is 0.225 e. The third-order valence-electron chi connectivity index (χ3n) is 6.50. The third-order valence-corrected chi connectivity index (χ3v) is 6.50. The number of aromatic nitrogens is 1. The van der Waals surface area contributed by atoms with Crippen molar-refractivity contribution < 1.29 is 15.0 Å². The Kier molecular flexibility index (Phi) is 7.37. The maximum atomic E-state index is 10.9. The van der Waals surface area contributed by atoms with Crippen LogP contribution in [0, 0.1) is 5.92 Å². The largest absolute Gasteiger partial charge is 0.508 e. The molecule has 1 aromatic heterocycles. The zero-order valence-electron chi connectivity index (χ0n) is 19.7. The van der Waals surface area contributed by atoms with Crippen LogP contribution < -0.4 is 16.2 Å². The van der Waals surface area contributed by atoms with Crippen molar-refractivity contribution >= 4 is 28.8 Å². The van der Waals surface area contributed by atoms with Gasteiger partial charge in [-0.2, -0.15) is 0 Å². The van der Waals surface area contributed by atoms with Crippen LogP contribution in [0.2, 0.25) is 0 Å². The van der Waals surface area contributed by atoms with Gasteiger partial charge in [0.2, 0.25) is 6.41 Å². The minimum absolute atomic E-state index is 0.0196. The number of carbonyl (C=O) groups excluding carboxylic acids is 1. The Balaban J connectivity index is 1.62. The first-order chi connectivity index (χ1) is 16.5. The van der Waals surface area contributed by atoms with E-state index in [1.165, 1.54) is 25.3 Å². The quantitative estimate of drug-likeness (QED) is 0.151. The van der Waals surface area contributed by atoms with Gasteiger partial charge in [0.1, 0.15) is 11.5 Å². The number of aryl methyl sites for hydroxylation is 1. The van der Waals surface area contributed by atoms with Gasteiger partial charge in [-0.25, -0.2) is 4.99 Å². The standard InChI is InChI=1S/C26H33N5O3/c1-17(2)21-14-22(25(34)15-24(21)33)26(30-28-16-32)29-20-3-4-23-19(13-20)8-12-31(23)11-7-18-5-9-27-10-6-18/h3-4,8,12-18,27,33-34H,5-7,9-11H2,1-2H3,(H,28,32)(H,29,30). The Morgan fingerprint density at radius 3 is 2.71 bits per heavy atom. The summed E-state index contributed by atoms with van der Waals surface area (Å²) in [6.45, 7) is 7.12. The average molecular weight is 464 g/mol. The van der Waals surface area contributed by atoms with E-state index in [0.717, 1.165) is 36.5 Å². The molecule has 0 aliphatic carbocycles. The molecule has 0 bridgehead atoms. The topological polar surface area (TPSA) is 111 Å². The zero-order chi connectivity index (χ0) is 24.1. The fraction of sp³-hybridized carbons (Fsp3) is 0.385. The number of rotatable bonds is 8. The van der Waals surface area contributed by atoms with Gasteiger partial charge in [0, 0.05) is 29.7 Å². The molecule has 1 fully saturated rings. The Hall–Kier alpha value is -3.52. The number of amidine groups is 1. The van der Waals surface area contributed by atoms with Crippen molar-refractivity contribution in [1.29, 1.82) is 0 Å². The van der Waals surface area contributed by atoms with Crippen LogP contribution in [0.15, 0.2) is 47.6 Å². The lowest BCUT2D eigenvalue weighted by atomic mass is 9.95. The molecule has 1 saturated heterocycles. The monoisotopic (exact) mass is 463 g/mol.